The Kier molecular flexibility index (Phi) is 5.56. The molecule has 0 spiro atoms. The first-order valence-corrected chi connectivity index (χ1v) is 8.22. The highest BCUT2D eigenvalue weighted by Crippen LogP contribution is 2.16. The SMILES string of the molecule is O=C(Nc1cccc(Cl)c1)Nc1cccc(C(=O)NCc2ccco2)c1. The third-order valence-electron chi connectivity index (χ3n) is 3.47. The summed E-state index contributed by atoms with van der Waals surface area (Å²) in [6, 6.07) is 16.6. The molecule has 0 atom stereocenters. The van der Waals surface area contributed by atoms with Crippen LogP contribution in [0.3, 0.4) is 0 Å². The first-order valence-electron chi connectivity index (χ1n) is 7.84. The second-order valence-corrected chi connectivity index (χ2v) is 5.87. The number of rotatable bonds is 5. The molecule has 0 radical (unpaired) electrons. The number of urea groups is 1. The van der Waals surface area contributed by atoms with Gasteiger partial charge >= 0.3 is 6.03 Å². The van der Waals surface area contributed by atoms with Crippen LogP contribution >= 0.6 is 11.6 Å². The van der Waals surface area contributed by atoms with Crippen molar-refractivity contribution in [3.8, 4) is 0 Å². The van der Waals surface area contributed by atoms with Crippen LogP contribution in [0.5, 0.6) is 0 Å². The van der Waals surface area contributed by atoms with Crippen LogP contribution in [-0.4, -0.2) is 11.9 Å². The molecule has 1 heterocycles. The van der Waals surface area contributed by atoms with Crippen molar-refractivity contribution in [2.24, 2.45) is 0 Å². The molecule has 0 saturated carbocycles. The monoisotopic (exact) mass is 369 g/mol. The van der Waals surface area contributed by atoms with Crippen LogP contribution in [0.4, 0.5) is 16.2 Å². The Labute approximate surface area is 155 Å². The Morgan fingerprint density at radius 2 is 1.65 bits per heavy atom. The van der Waals surface area contributed by atoms with Gasteiger partial charge in [-0.15, -0.1) is 0 Å². The van der Waals surface area contributed by atoms with E-state index in [0.29, 0.717) is 34.3 Å². The number of hydrogen-bond donors (Lipinski definition) is 3. The van der Waals surface area contributed by atoms with Gasteiger partial charge in [0.2, 0.25) is 0 Å². The van der Waals surface area contributed by atoms with Crippen LogP contribution in [0.1, 0.15) is 16.1 Å². The van der Waals surface area contributed by atoms with Gasteiger partial charge in [-0.2, -0.15) is 0 Å². The van der Waals surface area contributed by atoms with E-state index in [1.165, 1.54) is 0 Å². The fourth-order valence-electron chi connectivity index (χ4n) is 2.28. The van der Waals surface area contributed by atoms with Crippen molar-refractivity contribution in [1.82, 2.24) is 5.32 Å². The zero-order valence-corrected chi connectivity index (χ0v) is 14.4. The summed E-state index contributed by atoms with van der Waals surface area (Å²) in [6.07, 6.45) is 1.55. The third-order valence-corrected chi connectivity index (χ3v) is 3.70. The van der Waals surface area contributed by atoms with Gasteiger partial charge < -0.3 is 20.4 Å². The first kappa shape index (κ1) is 17.6. The minimum Gasteiger partial charge on any atom is -0.467 e. The number of hydrogen-bond acceptors (Lipinski definition) is 3. The summed E-state index contributed by atoms with van der Waals surface area (Å²) < 4.78 is 5.17. The van der Waals surface area contributed by atoms with Crippen molar-refractivity contribution < 1.29 is 14.0 Å². The maximum Gasteiger partial charge on any atom is 0.323 e. The number of halogens is 1. The topological polar surface area (TPSA) is 83.4 Å². The van der Waals surface area contributed by atoms with Crippen molar-refractivity contribution in [2.75, 3.05) is 10.6 Å². The molecule has 3 rings (SSSR count). The van der Waals surface area contributed by atoms with E-state index < -0.39 is 6.03 Å². The maximum atomic E-state index is 12.2. The number of furan rings is 1. The minimum absolute atomic E-state index is 0.264. The lowest BCUT2D eigenvalue weighted by atomic mass is 10.2. The van der Waals surface area contributed by atoms with Gasteiger partial charge in [-0.1, -0.05) is 23.7 Å². The van der Waals surface area contributed by atoms with Gasteiger partial charge in [0.1, 0.15) is 5.76 Å². The third kappa shape index (κ3) is 4.87. The summed E-state index contributed by atoms with van der Waals surface area (Å²) in [7, 11) is 0. The van der Waals surface area contributed by atoms with Gasteiger partial charge in [0.25, 0.3) is 5.91 Å². The summed E-state index contributed by atoms with van der Waals surface area (Å²) in [5.74, 6) is 0.397. The van der Waals surface area contributed by atoms with E-state index in [1.807, 2.05) is 0 Å². The number of nitrogens with one attached hydrogen (secondary N) is 3. The highest BCUT2D eigenvalue weighted by Gasteiger charge is 2.09. The molecule has 3 amide bonds. The van der Waals surface area contributed by atoms with Crippen LogP contribution in [0.25, 0.3) is 0 Å². The summed E-state index contributed by atoms with van der Waals surface area (Å²) >= 11 is 5.89. The molecule has 0 fully saturated rings. The van der Waals surface area contributed by atoms with E-state index >= 15 is 0 Å². The summed E-state index contributed by atoms with van der Waals surface area (Å²) in [5, 5.41) is 8.64. The van der Waals surface area contributed by atoms with Crippen LogP contribution in [0.15, 0.2) is 71.3 Å². The predicted octanol–water partition coefficient (Wildman–Crippen LogP) is 4.51. The average Bonchev–Trinajstić information content (AvgIpc) is 3.13. The molecule has 0 bridgehead atoms. The van der Waals surface area contributed by atoms with E-state index in [0.717, 1.165) is 0 Å². The Bertz CT molecular complexity index is 910. The van der Waals surface area contributed by atoms with Crippen LogP contribution in [-0.2, 0) is 6.54 Å². The number of benzene rings is 2. The second kappa shape index (κ2) is 8.22. The number of amides is 3. The van der Waals surface area contributed by atoms with Crippen molar-refractivity contribution in [2.45, 2.75) is 6.54 Å². The normalized spacial score (nSPS) is 10.2. The fraction of sp³-hybridized carbons (Fsp3) is 0.0526. The molecule has 3 aromatic rings. The maximum absolute atomic E-state index is 12.2. The molecule has 1 aromatic heterocycles. The van der Waals surface area contributed by atoms with Crippen molar-refractivity contribution in [1.29, 1.82) is 0 Å². The lowest BCUT2D eigenvalue weighted by Crippen LogP contribution is -2.23. The van der Waals surface area contributed by atoms with Gasteiger partial charge in [-0.3, -0.25) is 4.79 Å². The Morgan fingerprint density at radius 3 is 2.35 bits per heavy atom. The molecule has 6 nitrogen and oxygen atoms in total. The molecule has 26 heavy (non-hydrogen) atoms. The smallest absolute Gasteiger partial charge is 0.323 e. The van der Waals surface area contributed by atoms with Gasteiger partial charge in [0, 0.05) is 22.0 Å². The van der Waals surface area contributed by atoms with E-state index in [4.69, 9.17) is 16.0 Å². The summed E-state index contributed by atoms with van der Waals surface area (Å²) in [4.78, 5) is 24.3. The molecular formula is C19H16ClN3O3. The molecule has 3 N–H and O–H groups in total. The molecule has 2 aromatic carbocycles. The van der Waals surface area contributed by atoms with Crippen LogP contribution in [0.2, 0.25) is 5.02 Å². The number of carbonyl (C=O) groups is 2. The number of anilines is 2. The van der Waals surface area contributed by atoms with E-state index in [9.17, 15) is 9.59 Å². The van der Waals surface area contributed by atoms with Gasteiger partial charge in [0.15, 0.2) is 0 Å². The van der Waals surface area contributed by atoms with Crippen LogP contribution < -0.4 is 16.0 Å². The van der Waals surface area contributed by atoms with Gasteiger partial charge in [-0.25, -0.2) is 4.79 Å². The quantitative estimate of drug-likeness (QED) is 0.618. The molecule has 0 aliphatic rings. The van der Waals surface area contributed by atoms with E-state index in [1.54, 1.807) is 66.9 Å². The zero-order valence-electron chi connectivity index (χ0n) is 13.7. The first-order chi connectivity index (χ1) is 12.6. The van der Waals surface area contributed by atoms with Gasteiger partial charge in [0.05, 0.1) is 12.8 Å². The largest absolute Gasteiger partial charge is 0.467 e. The Hall–Kier alpha value is -3.25. The highest BCUT2D eigenvalue weighted by atomic mass is 35.5. The van der Waals surface area contributed by atoms with Crippen molar-refractivity contribution in [3.63, 3.8) is 0 Å². The Morgan fingerprint density at radius 1 is 0.923 bits per heavy atom. The summed E-state index contributed by atoms with van der Waals surface area (Å²) in [5.41, 5.74) is 1.50. The average molecular weight is 370 g/mol. The molecule has 7 heteroatoms. The molecule has 0 saturated heterocycles. The fourth-order valence-corrected chi connectivity index (χ4v) is 2.47. The number of carbonyl (C=O) groups excluding carboxylic acids is 2. The van der Waals surface area contributed by atoms with E-state index in [2.05, 4.69) is 16.0 Å². The molecule has 132 valence electrons. The lowest BCUT2D eigenvalue weighted by Gasteiger charge is -2.09. The lowest BCUT2D eigenvalue weighted by molar-refractivity contribution is 0.0948. The second-order valence-electron chi connectivity index (χ2n) is 5.43. The summed E-state index contributed by atoms with van der Waals surface area (Å²) in [6.45, 7) is 0.290. The Balaban J connectivity index is 1.59. The minimum atomic E-state index is -0.430. The molecule has 0 aliphatic carbocycles. The molecular weight excluding hydrogens is 354 g/mol. The standard InChI is InChI=1S/C19H16ClN3O3/c20-14-5-2-7-16(11-14)23-19(25)22-15-6-1-4-13(10-15)18(24)21-12-17-8-3-9-26-17/h1-11H,12H2,(H,21,24)(H2,22,23,25). The van der Waals surface area contributed by atoms with Crippen molar-refractivity contribution >= 4 is 34.9 Å². The molecule has 0 aliphatic heterocycles. The van der Waals surface area contributed by atoms with Crippen molar-refractivity contribution in [3.05, 3.63) is 83.3 Å². The van der Waals surface area contributed by atoms with Crippen LogP contribution in [0, 0.1) is 0 Å². The van der Waals surface area contributed by atoms with E-state index in [-0.39, 0.29) is 5.91 Å². The van der Waals surface area contributed by atoms with Gasteiger partial charge in [-0.05, 0) is 48.5 Å². The molecule has 0 unspecified atom stereocenters. The highest BCUT2D eigenvalue weighted by molar-refractivity contribution is 6.30. The predicted molar refractivity (Wildman–Crippen MR) is 100 cm³/mol. The zero-order chi connectivity index (χ0) is 18.4.